The zero-order chi connectivity index (χ0) is 14.8. The van der Waals surface area contributed by atoms with E-state index in [9.17, 15) is 0 Å². The average Bonchev–Trinajstić information content (AvgIpc) is 2.48. The minimum Gasteiger partial charge on any atom is -0.383 e. The number of morpholine rings is 1. The molecule has 1 aromatic heterocycles. The number of hydrogen-bond donors (Lipinski definition) is 1. The van der Waals surface area contributed by atoms with E-state index in [0.717, 1.165) is 49.4 Å². The molecule has 0 bridgehead atoms. The Hall–Kier alpha value is -1.92. The summed E-state index contributed by atoms with van der Waals surface area (Å²) < 4.78 is 5.41. The van der Waals surface area contributed by atoms with E-state index >= 15 is 0 Å². The van der Waals surface area contributed by atoms with Crippen molar-refractivity contribution in [2.45, 2.75) is 6.54 Å². The van der Waals surface area contributed by atoms with Crippen molar-refractivity contribution in [1.29, 1.82) is 0 Å². The molecule has 0 amide bonds. The van der Waals surface area contributed by atoms with Gasteiger partial charge in [0.1, 0.15) is 12.1 Å². The van der Waals surface area contributed by atoms with Crippen molar-refractivity contribution in [2.24, 2.45) is 0 Å². The van der Waals surface area contributed by atoms with Crippen molar-refractivity contribution < 1.29 is 4.74 Å². The third-order valence-electron chi connectivity index (χ3n) is 3.85. The minimum atomic E-state index is 0.529. The lowest BCUT2D eigenvalue weighted by atomic mass is 10.1. The van der Waals surface area contributed by atoms with Crippen LogP contribution in [-0.4, -0.2) is 55.3 Å². The highest BCUT2D eigenvalue weighted by atomic mass is 16.5. The Morgan fingerprint density at radius 1 is 1.24 bits per heavy atom. The van der Waals surface area contributed by atoms with Crippen molar-refractivity contribution in [1.82, 2.24) is 14.9 Å². The van der Waals surface area contributed by atoms with Gasteiger partial charge in [0.15, 0.2) is 0 Å². The SMILES string of the molecule is CN(C)c1cc2c(N)ncnc2cc1CN1CCOCC1. The highest BCUT2D eigenvalue weighted by molar-refractivity contribution is 5.91. The molecule has 1 aliphatic heterocycles. The van der Waals surface area contributed by atoms with Gasteiger partial charge in [0.05, 0.1) is 18.7 Å². The molecule has 21 heavy (non-hydrogen) atoms. The second-order valence-corrected chi connectivity index (χ2v) is 5.54. The fourth-order valence-corrected chi connectivity index (χ4v) is 2.70. The van der Waals surface area contributed by atoms with Crippen molar-refractivity contribution in [3.8, 4) is 0 Å². The Labute approximate surface area is 124 Å². The Kier molecular flexibility index (Phi) is 3.90. The molecule has 1 saturated heterocycles. The number of nitrogens with zero attached hydrogens (tertiary/aromatic N) is 4. The van der Waals surface area contributed by atoms with Gasteiger partial charge in [-0.3, -0.25) is 4.90 Å². The molecule has 2 aromatic rings. The van der Waals surface area contributed by atoms with E-state index in [4.69, 9.17) is 10.5 Å². The van der Waals surface area contributed by atoms with Crippen LogP contribution in [0, 0.1) is 0 Å². The summed E-state index contributed by atoms with van der Waals surface area (Å²) in [7, 11) is 4.09. The molecule has 1 aromatic carbocycles. The molecule has 0 aliphatic carbocycles. The molecular formula is C15H21N5O. The van der Waals surface area contributed by atoms with Crippen LogP contribution in [0.1, 0.15) is 5.56 Å². The number of ether oxygens (including phenoxy) is 1. The van der Waals surface area contributed by atoms with Crippen LogP contribution in [0.3, 0.4) is 0 Å². The van der Waals surface area contributed by atoms with E-state index in [1.54, 1.807) is 0 Å². The second-order valence-electron chi connectivity index (χ2n) is 5.54. The average molecular weight is 287 g/mol. The summed E-state index contributed by atoms with van der Waals surface area (Å²) in [5, 5.41) is 0.909. The maximum absolute atomic E-state index is 5.96. The second kappa shape index (κ2) is 5.83. The lowest BCUT2D eigenvalue weighted by Gasteiger charge is -2.28. The summed E-state index contributed by atoms with van der Waals surface area (Å²) in [5.41, 5.74) is 9.28. The van der Waals surface area contributed by atoms with Gasteiger partial charge in [0, 0.05) is 44.8 Å². The first kappa shape index (κ1) is 14.0. The van der Waals surface area contributed by atoms with Gasteiger partial charge in [0.2, 0.25) is 0 Å². The molecule has 2 N–H and O–H groups in total. The minimum absolute atomic E-state index is 0.529. The highest BCUT2D eigenvalue weighted by Gasteiger charge is 2.15. The molecule has 0 atom stereocenters. The van der Waals surface area contributed by atoms with E-state index in [0.29, 0.717) is 5.82 Å². The molecule has 1 aliphatic rings. The number of aromatic nitrogens is 2. The van der Waals surface area contributed by atoms with Crippen molar-refractivity contribution in [2.75, 3.05) is 51.0 Å². The van der Waals surface area contributed by atoms with Crippen molar-refractivity contribution in [3.63, 3.8) is 0 Å². The molecule has 0 spiro atoms. The zero-order valence-corrected chi connectivity index (χ0v) is 12.5. The molecule has 0 unspecified atom stereocenters. The maximum atomic E-state index is 5.96. The lowest BCUT2D eigenvalue weighted by molar-refractivity contribution is 0.0342. The fourth-order valence-electron chi connectivity index (χ4n) is 2.70. The van der Waals surface area contributed by atoms with E-state index in [1.807, 2.05) is 14.1 Å². The lowest BCUT2D eigenvalue weighted by Crippen LogP contribution is -2.36. The third kappa shape index (κ3) is 2.91. The largest absolute Gasteiger partial charge is 0.383 e. The summed E-state index contributed by atoms with van der Waals surface area (Å²) in [6.45, 7) is 4.45. The molecule has 2 heterocycles. The van der Waals surface area contributed by atoms with Gasteiger partial charge in [-0.2, -0.15) is 0 Å². The molecule has 6 nitrogen and oxygen atoms in total. The number of fused-ring (bicyclic) bond motifs is 1. The van der Waals surface area contributed by atoms with Crippen LogP contribution < -0.4 is 10.6 Å². The predicted molar refractivity (Wildman–Crippen MR) is 84.4 cm³/mol. The molecule has 1 fully saturated rings. The topological polar surface area (TPSA) is 67.5 Å². The Balaban J connectivity index is 2.00. The fraction of sp³-hybridized carbons (Fsp3) is 0.467. The molecule has 112 valence electrons. The van der Waals surface area contributed by atoms with Crippen LogP contribution in [0.15, 0.2) is 18.5 Å². The van der Waals surface area contributed by atoms with E-state index < -0.39 is 0 Å². The summed E-state index contributed by atoms with van der Waals surface area (Å²) in [4.78, 5) is 12.9. The first-order valence-electron chi connectivity index (χ1n) is 7.15. The first-order valence-corrected chi connectivity index (χ1v) is 7.15. The summed E-state index contributed by atoms with van der Waals surface area (Å²) >= 11 is 0. The van der Waals surface area contributed by atoms with Gasteiger partial charge in [-0.05, 0) is 17.7 Å². The van der Waals surface area contributed by atoms with Gasteiger partial charge in [-0.15, -0.1) is 0 Å². The predicted octanol–water partition coefficient (Wildman–Crippen LogP) is 1.11. The molecular weight excluding hydrogens is 266 g/mol. The van der Waals surface area contributed by atoms with Crippen LogP contribution in [-0.2, 0) is 11.3 Å². The van der Waals surface area contributed by atoms with Crippen molar-refractivity contribution >= 4 is 22.4 Å². The first-order chi connectivity index (χ1) is 10.1. The van der Waals surface area contributed by atoms with Gasteiger partial charge >= 0.3 is 0 Å². The van der Waals surface area contributed by atoms with E-state index in [1.165, 1.54) is 11.9 Å². The quantitative estimate of drug-likeness (QED) is 0.912. The van der Waals surface area contributed by atoms with Crippen LogP contribution in [0.2, 0.25) is 0 Å². The van der Waals surface area contributed by atoms with Crippen LogP contribution in [0.5, 0.6) is 0 Å². The molecule has 3 rings (SSSR count). The monoisotopic (exact) mass is 287 g/mol. The van der Waals surface area contributed by atoms with Crippen molar-refractivity contribution in [3.05, 3.63) is 24.0 Å². The summed E-state index contributed by atoms with van der Waals surface area (Å²) in [6, 6.07) is 4.21. The van der Waals surface area contributed by atoms with E-state index in [2.05, 4.69) is 31.9 Å². The maximum Gasteiger partial charge on any atom is 0.134 e. The van der Waals surface area contributed by atoms with Crippen LogP contribution >= 0.6 is 0 Å². The van der Waals surface area contributed by atoms with Gasteiger partial charge in [0.25, 0.3) is 0 Å². The van der Waals surface area contributed by atoms with Gasteiger partial charge in [-0.1, -0.05) is 0 Å². The van der Waals surface area contributed by atoms with Crippen LogP contribution in [0.4, 0.5) is 11.5 Å². The van der Waals surface area contributed by atoms with E-state index in [-0.39, 0.29) is 0 Å². The number of nitrogens with two attached hydrogens (primary N) is 1. The third-order valence-corrected chi connectivity index (χ3v) is 3.85. The number of rotatable bonds is 3. The normalized spacial score (nSPS) is 16.3. The van der Waals surface area contributed by atoms with Gasteiger partial charge < -0.3 is 15.4 Å². The number of nitrogen functional groups attached to an aromatic ring is 1. The van der Waals surface area contributed by atoms with Gasteiger partial charge in [-0.25, -0.2) is 9.97 Å². The molecule has 0 saturated carbocycles. The number of anilines is 2. The number of benzene rings is 1. The number of hydrogen-bond acceptors (Lipinski definition) is 6. The summed E-state index contributed by atoms with van der Waals surface area (Å²) in [6.07, 6.45) is 1.52. The summed E-state index contributed by atoms with van der Waals surface area (Å²) in [5.74, 6) is 0.529. The molecule has 6 heteroatoms. The smallest absolute Gasteiger partial charge is 0.134 e. The Morgan fingerprint density at radius 2 is 2.00 bits per heavy atom. The Morgan fingerprint density at radius 3 is 2.71 bits per heavy atom. The highest BCUT2D eigenvalue weighted by Crippen LogP contribution is 2.28. The van der Waals surface area contributed by atoms with Crippen LogP contribution in [0.25, 0.3) is 10.9 Å². The zero-order valence-electron chi connectivity index (χ0n) is 12.5. The standard InChI is InChI=1S/C15H21N5O/c1-19(2)14-8-12-13(17-10-18-15(12)16)7-11(14)9-20-3-5-21-6-4-20/h7-8,10H,3-6,9H2,1-2H3,(H2,16,17,18). The Bertz CT molecular complexity index is 637. The molecule has 0 radical (unpaired) electrons.